The number of hydrogen-bond donors (Lipinski definition) is 2. The number of anilines is 4. The van der Waals surface area contributed by atoms with E-state index in [-0.39, 0.29) is 38.5 Å². The Morgan fingerprint density at radius 2 is 1.81 bits per heavy atom. The van der Waals surface area contributed by atoms with Crippen molar-refractivity contribution in [3.8, 4) is 18.0 Å². The van der Waals surface area contributed by atoms with Gasteiger partial charge in [-0.1, -0.05) is 61.9 Å². The van der Waals surface area contributed by atoms with E-state index in [9.17, 15) is 10.1 Å². The second kappa shape index (κ2) is 28.3. The predicted molar refractivity (Wildman–Crippen MR) is 312 cm³/mol. The maximum absolute atomic E-state index is 13.8. The van der Waals surface area contributed by atoms with Crippen LogP contribution in [-0.2, 0) is 30.7 Å². The molecule has 0 bridgehead atoms. The number of carbonyl (C=O) groups excluding carboxylic acids is 1. The minimum Gasteiger partial charge on any atom is -0.476 e. The maximum Gasteiger partial charge on any atom is 0.318 e. The van der Waals surface area contributed by atoms with E-state index in [1.54, 1.807) is 13.0 Å². The number of aromatic nitrogens is 6. The quantitative estimate of drug-likeness (QED) is 0.0667. The minimum absolute atomic E-state index is 0. The van der Waals surface area contributed by atoms with Gasteiger partial charge in [-0.2, -0.15) is 38.3 Å². The van der Waals surface area contributed by atoms with Gasteiger partial charge in [0, 0.05) is 118 Å². The molecule has 6 aromatic rings. The molecule has 0 aliphatic carbocycles. The molecule has 2 fully saturated rings. The standard InChI is InChI=1S/C55H69ClN14O3.C2H6O.H2S/c1-6-24-66(8-3)49-32-48(70-53(62-49)40(7-2)35-60-70)58-33-39-19-20-50(59-34-39)72-31-30-64(4)25-12-18-51(71)69-29-28-68(36-42(69)21-23-57)54-44-22-27-67(47-17-10-14-41-13-9-16-45(56)52(41)47)37-46(44)61-55(63-54)73-38-43-15-11-26-65(43)5;1-2-3;/h9-10,12-14,16-20,32,34-35,42-43,58H,6-8,11,15,21-22,24-31,33,36-38H2,1-5H3;3H,2H2,1H3;1H2/b18-12+;;. The van der Waals surface area contributed by atoms with Gasteiger partial charge in [0.2, 0.25) is 11.8 Å². The number of amides is 1. The largest absolute Gasteiger partial charge is 0.476 e. The van der Waals surface area contributed by atoms with Crippen LogP contribution < -0.4 is 29.5 Å². The zero-order chi connectivity index (χ0) is 53.6. The average molecular weight is 1090 g/mol. The molecule has 3 aliphatic heterocycles. The SMILES string of the molecule is CCCN(CC)c1cc(NCc2ccc(OCCN(C)C/C=C/C(=O)N3CCN(c4nc(OCC5CCCN5C)nc5c4CCN(c4cccc6cccc(Cl)c46)C5)CC3CC#N)nc2)n2ncc(CC)c2n1.CCO.S. The first-order valence-electron chi connectivity index (χ1n) is 27.0. The molecule has 2 N–H and O–H groups in total. The number of nitrogens with zero attached hydrogens (tertiary/aromatic N) is 13. The molecule has 3 aliphatic rings. The number of fused-ring (bicyclic) bond motifs is 3. The molecule has 77 heavy (non-hydrogen) atoms. The molecule has 20 heteroatoms. The Hall–Kier alpha value is -6.43. The Kier molecular flexibility index (Phi) is 21.4. The summed E-state index contributed by atoms with van der Waals surface area (Å²) in [7, 11) is 4.13. The van der Waals surface area contributed by atoms with Crippen LogP contribution >= 0.6 is 25.1 Å². The molecule has 7 heterocycles. The number of pyridine rings is 1. The number of nitrogens with one attached hydrogen (secondary N) is 1. The van der Waals surface area contributed by atoms with E-state index < -0.39 is 0 Å². The molecular weight excluding hydrogens is 1010 g/mol. The number of aliphatic hydroxyl groups excluding tert-OH is 1. The molecule has 1 amide bonds. The van der Waals surface area contributed by atoms with Crippen molar-refractivity contribution >= 4 is 70.6 Å². The van der Waals surface area contributed by atoms with Gasteiger partial charge in [-0.3, -0.25) is 9.69 Å². The highest BCUT2D eigenvalue weighted by Crippen LogP contribution is 2.38. The van der Waals surface area contributed by atoms with Crippen LogP contribution in [0.2, 0.25) is 5.02 Å². The molecule has 2 atom stereocenters. The normalized spacial score (nSPS) is 16.5. The number of carbonyl (C=O) groups is 1. The van der Waals surface area contributed by atoms with E-state index in [1.165, 1.54) is 0 Å². The van der Waals surface area contributed by atoms with Crippen LogP contribution in [0, 0.1) is 11.3 Å². The van der Waals surface area contributed by atoms with Crippen molar-refractivity contribution in [2.75, 3.05) is 113 Å². The summed E-state index contributed by atoms with van der Waals surface area (Å²) in [5.74, 6) is 3.10. The van der Waals surface area contributed by atoms with E-state index in [0.717, 1.165) is 125 Å². The predicted octanol–water partition coefficient (Wildman–Crippen LogP) is 7.78. The van der Waals surface area contributed by atoms with E-state index in [1.807, 2.05) is 59.2 Å². The van der Waals surface area contributed by atoms with Crippen LogP contribution in [0.15, 0.2) is 79.1 Å². The Balaban J connectivity index is 0.00000210. The number of benzene rings is 2. The lowest BCUT2D eigenvalue weighted by Crippen LogP contribution is -2.55. The van der Waals surface area contributed by atoms with Gasteiger partial charge in [-0.15, -0.1) is 0 Å². The third-order valence-corrected chi connectivity index (χ3v) is 14.8. The lowest BCUT2D eigenvalue weighted by atomic mass is 10.0. The maximum atomic E-state index is 13.8. The molecule has 9 rings (SSSR count). The highest BCUT2D eigenvalue weighted by Gasteiger charge is 2.34. The van der Waals surface area contributed by atoms with Gasteiger partial charge < -0.3 is 44.4 Å². The number of nitriles is 1. The summed E-state index contributed by atoms with van der Waals surface area (Å²) in [6.07, 6.45) is 12.3. The number of hydrogen-bond acceptors (Lipinski definition) is 16. The first-order valence-corrected chi connectivity index (χ1v) is 27.4. The molecule has 0 radical (unpaired) electrons. The summed E-state index contributed by atoms with van der Waals surface area (Å²) in [5, 5.41) is 28.6. The van der Waals surface area contributed by atoms with Crippen molar-refractivity contribution in [3.63, 3.8) is 0 Å². The van der Waals surface area contributed by atoms with E-state index in [2.05, 4.69) is 104 Å². The van der Waals surface area contributed by atoms with Crippen molar-refractivity contribution in [1.29, 1.82) is 5.26 Å². The van der Waals surface area contributed by atoms with E-state index in [4.69, 9.17) is 41.1 Å². The van der Waals surface area contributed by atoms with Gasteiger partial charge >= 0.3 is 6.01 Å². The fourth-order valence-electron chi connectivity index (χ4n) is 10.3. The summed E-state index contributed by atoms with van der Waals surface area (Å²) in [6, 6.07) is 21.0. The fraction of sp³-hybridized carbons (Fsp3) is 0.491. The van der Waals surface area contributed by atoms with Crippen LogP contribution in [0.3, 0.4) is 0 Å². The highest BCUT2D eigenvalue weighted by atomic mass is 35.5. The van der Waals surface area contributed by atoms with Crippen LogP contribution in [-0.4, -0.2) is 160 Å². The topological polar surface area (TPSA) is 180 Å². The first-order chi connectivity index (χ1) is 37.0. The summed E-state index contributed by atoms with van der Waals surface area (Å²) in [5.41, 5.74) is 6.09. The number of halogens is 1. The van der Waals surface area contributed by atoms with Gasteiger partial charge in [0.1, 0.15) is 30.7 Å². The molecule has 412 valence electrons. The second-order valence-electron chi connectivity index (χ2n) is 19.6. The summed E-state index contributed by atoms with van der Waals surface area (Å²) < 4.78 is 14.3. The highest BCUT2D eigenvalue weighted by molar-refractivity contribution is 7.59. The van der Waals surface area contributed by atoms with Crippen LogP contribution in [0.1, 0.15) is 75.8 Å². The third-order valence-electron chi connectivity index (χ3n) is 14.4. The van der Waals surface area contributed by atoms with Crippen molar-refractivity contribution in [2.45, 2.75) is 91.4 Å². The smallest absolute Gasteiger partial charge is 0.318 e. The monoisotopic (exact) mass is 1090 g/mol. The summed E-state index contributed by atoms with van der Waals surface area (Å²) >= 11 is 6.80. The molecule has 18 nitrogen and oxygen atoms in total. The van der Waals surface area contributed by atoms with Crippen LogP contribution in [0.5, 0.6) is 11.9 Å². The van der Waals surface area contributed by atoms with Crippen molar-refractivity contribution < 1.29 is 19.4 Å². The number of aliphatic hydroxyl groups is 1. The van der Waals surface area contributed by atoms with Crippen molar-refractivity contribution in [2.24, 2.45) is 0 Å². The number of rotatable bonds is 21. The van der Waals surface area contributed by atoms with Gasteiger partial charge in [0.05, 0.1) is 42.0 Å². The van der Waals surface area contributed by atoms with Gasteiger partial charge in [0.25, 0.3) is 0 Å². The summed E-state index contributed by atoms with van der Waals surface area (Å²) in [6.45, 7) is 16.8. The Bertz CT molecular complexity index is 2950. The lowest BCUT2D eigenvalue weighted by molar-refractivity contribution is -0.128. The number of piperazine rings is 1. The molecule has 2 aromatic carbocycles. The Morgan fingerprint density at radius 3 is 2.53 bits per heavy atom. The zero-order valence-corrected chi connectivity index (χ0v) is 47.4. The fourth-order valence-corrected chi connectivity index (χ4v) is 10.6. The zero-order valence-electron chi connectivity index (χ0n) is 45.7. The van der Waals surface area contributed by atoms with Gasteiger partial charge in [-0.05, 0) is 89.7 Å². The Labute approximate surface area is 466 Å². The van der Waals surface area contributed by atoms with Crippen LogP contribution in [0.25, 0.3) is 16.4 Å². The van der Waals surface area contributed by atoms with Crippen molar-refractivity contribution in [3.05, 3.63) is 107 Å². The van der Waals surface area contributed by atoms with E-state index >= 15 is 0 Å². The van der Waals surface area contributed by atoms with Crippen molar-refractivity contribution in [1.82, 2.24) is 44.2 Å². The number of likely N-dealkylation sites (N-methyl/N-ethyl adjacent to an activating group) is 2. The lowest BCUT2D eigenvalue weighted by Gasteiger charge is -2.42. The van der Waals surface area contributed by atoms with Gasteiger partial charge in [0.15, 0.2) is 5.65 Å². The third kappa shape index (κ3) is 14.4. The average Bonchev–Trinajstić information content (AvgIpc) is 4.06. The number of aryl methyl sites for hydroxylation is 1. The molecule has 0 saturated carbocycles. The molecule has 2 unspecified atom stereocenters. The first kappa shape index (κ1) is 58.3. The molecule has 2 saturated heterocycles. The summed E-state index contributed by atoms with van der Waals surface area (Å²) in [4.78, 5) is 46.6. The van der Waals surface area contributed by atoms with Crippen LogP contribution in [0.4, 0.5) is 23.1 Å². The Morgan fingerprint density at radius 1 is 0.987 bits per heavy atom. The molecule has 0 spiro atoms. The second-order valence-corrected chi connectivity index (χ2v) is 20.1. The van der Waals surface area contributed by atoms with Gasteiger partial charge in [-0.25, -0.2) is 9.97 Å². The minimum atomic E-state index is -0.316. The molecular formula is C57H77ClN14O4S. The molecule has 4 aromatic heterocycles. The number of likely N-dealkylation sites (tertiary alicyclic amines) is 1. The van der Waals surface area contributed by atoms with E-state index in [0.29, 0.717) is 77.0 Å². The number of ether oxygens (including phenoxy) is 2.